The molecule has 1 aromatic heterocycles. The number of carbonyl (C=O) groups excluding carboxylic acids is 2. The Morgan fingerprint density at radius 2 is 1.81 bits per heavy atom. The lowest BCUT2D eigenvalue weighted by atomic mass is 9.90. The van der Waals surface area contributed by atoms with Crippen molar-refractivity contribution in [2.24, 2.45) is 11.3 Å². The number of hydrogen-bond donors (Lipinski definition) is 1. The largest absolute Gasteiger partial charge is 0.357 e. The van der Waals surface area contributed by atoms with Gasteiger partial charge in [0.2, 0.25) is 11.8 Å². The molecule has 1 aliphatic heterocycles. The zero-order valence-corrected chi connectivity index (χ0v) is 17.4. The van der Waals surface area contributed by atoms with Crippen LogP contribution in [0.5, 0.6) is 0 Å². The number of amides is 2. The molecule has 1 fully saturated rings. The van der Waals surface area contributed by atoms with Crippen molar-refractivity contribution >= 4 is 17.6 Å². The van der Waals surface area contributed by atoms with Crippen LogP contribution in [0, 0.1) is 11.3 Å². The van der Waals surface area contributed by atoms with E-state index in [-0.39, 0.29) is 23.1 Å². The fourth-order valence-electron chi connectivity index (χ4n) is 3.41. The Hall–Kier alpha value is -2.11. The van der Waals surface area contributed by atoms with Gasteiger partial charge in [-0.05, 0) is 38.3 Å². The van der Waals surface area contributed by atoms with Crippen molar-refractivity contribution in [1.29, 1.82) is 0 Å². The van der Waals surface area contributed by atoms with E-state index in [1.165, 1.54) is 0 Å². The van der Waals surface area contributed by atoms with Crippen molar-refractivity contribution in [1.82, 2.24) is 15.2 Å². The summed E-state index contributed by atoms with van der Waals surface area (Å²) in [5.74, 6) is 1.19. The van der Waals surface area contributed by atoms with Gasteiger partial charge in [0.25, 0.3) is 0 Å². The molecular formula is C21H34N4O2. The van der Waals surface area contributed by atoms with E-state index in [1.54, 1.807) is 0 Å². The topological polar surface area (TPSA) is 65.5 Å². The van der Waals surface area contributed by atoms with Gasteiger partial charge in [-0.25, -0.2) is 4.98 Å². The lowest BCUT2D eigenvalue weighted by molar-refractivity contribution is -0.142. The van der Waals surface area contributed by atoms with Crippen LogP contribution in [0.15, 0.2) is 18.3 Å². The smallest absolute Gasteiger partial charge is 0.227 e. The molecule has 6 heteroatoms. The molecule has 0 unspecified atom stereocenters. The molecule has 0 atom stereocenters. The Morgan fingerprint density at radius 1 is 1.19 bits per heavy atom. The molecule has 0 spiro atoms. The van der Waals surface area contributed by atoms with E-state index < -0.39 is 0 Å². The van der Waals surface area contributed by atoms with Crippen molar-refractivity contribution in [3.63, 3.8) is 0 Å². The summed E-state index contributed by atoms with van der Waals surface area (Å²) in [7, 11) is 0. The first-order valence-electron chi connectivity index (χ1n) is 10.0. The lowest BCUT2D eigenvalue weighted by Gasteiger charge is -2.35. The second-order valence-corrected chi connectivity index (χ2v) is 8.23. The van der Waals surface area contributed by atoms with Gasteiger partial charge >= 0.3 is 0 Å². The minimum atomic E-state index is -0.362. The molecule has 2 heterocycles. The van der Waals surface area contributed by atoms with E-state index in [1.807, 2.05) is 44.0 Å². The van der Waals surface area contributed by atoms with Gasteiger partial charge in [-0.2, -0.15) is 0 Å². The van der Waals surface area contributed by atoms with Crippen molar-refractivity contribution in [2.75, 3.05) is 31.1 Å². The monoisotopic (exact) mass is 374 g/mol. The van der Waals surface area contributed by atoms with Crippen LogP contribution in [0.3, 0.4) is 0 Å². The lowest BCUT2D eigenvalue weighted by Crippen LogP contribution is -2.46. The minimum absolute atomic E-state index is 0.0167. The van der Waals surface area contributed by atoms with Gasteiger partial charge in [0.05, 0.1) is 0 Å². The molecule has 0 aliphatic carbocycles. The molecular weight excluding hydrogens is 340 g/mol. The molecule has 0 radical (unpaired) electrons. The predicted octanol–water partition coefficient (Wildman–Crippen LogP) is 2.83. The maximum absolute atomic E-state index is 12.5. The molecule has 2 rings (SSSR count). The summed E-state index contributed by atoms with van der Waals surface area (Å²) in [6.07, 6.45) is 3.29. The van der Waals surface area contributed by atoms with Gasteiger partial charge < -0.3 is 15.1 Å². The first-order valence-corrected chi connectivity index (χ1v) is 10.0. The number of carbonyl (C=O) groups is 2. The summed E-state index contributed by atoms with van der Waals surface area (Å²) in [6.45, 7) is 13.7. The second kappa shape index (κ2) is 9.20. The van der Waals surface area contributed by atoms with E-state index in [9.17, 15) is 9.59 Å². The Labute approximate surface area is 163 Å². The fraction of sp³-hybridized carbons (Fsp3) is 0.667. The summed E-state index contributed by atoms with van der Waals surface area (Å²) >= 11 is 0. The third-order valence-corrected chi connectivity index (χ3v) is 5.16. The van der Waals surface area contributed by atoms with Crippen LogP contribution in [0.25, 0.3) is 0 Å². The third-order valence-electron chi connectivity index (χ3n) is 5.16. The van der Waals surface area contributed by atoms with Crippen LogP contribution < -0.4 is 10.2 Å². The van der Waals surface area contributed by atoms with Crippen molar-refractivity contribution in [3.8, 4) is 0 Å². The number of hydrogen-bond acceptors (Lipinski definition) is 4. The quantitative estimate of drug-likeness (QED) is 0.831. The number of pyridine rings is 1. The molecule has 0 saturated carbocycles. The van der Waals surface area contributed by atoms with E-state index in [2.05, 4.69) is 29.0 Å². The first-order chi connectivity index (χ1) is 12.8. The summed E-state index contributed by atoms with van der Waals surface area (Å²) < 4.78 is 0. The highest BCUT2D eigenvalue weighted by Crippen LogP contribution is 2.23. The number of anilines is 1. The summed E-state index contributed by atoms with van der Waals surface area (Å²) in [5, 5.41) is 3.02. The van der Waals surface area contributed by atoms with Gasteiger partial charge in [-0.1, -0.05) is 26.8 Å². The Morgan fingerprint density at radius 3 is 2.30 bits per heavy atom. The highest BCUT2D eigenvalue weighted by Gasteiger charge is 2.32. The first kappa shape index (κ1) is 21.2. The van der Waals surface area contributed by atoms with Crippen LogP contribution in [0.2, 0.25) is 0 Å². The van der Waals surface area contributed by atoms with Gasteiger partial charge in [-0.3, -0.25) is 9.59 Å². The Bertz CT molecular complexity index is 625. The predicted molar refractivity (Wildman–Crippen MR) is 108 cm³/mol. The van der Waals surface area contributed by atoms with E-state index in [0.29, 0.717) is 19.6 Å². The highest BCUT2D eigenvalue weighted by atomic mass is 16.2. The second-order valence-electron chi connectivity index (χ2n) is 8.23. The highest BCUT2D eigenvalue weighted by molar-refractivity contribution is 5.82. The van der Waals surface area contributed by atoms with Crippen LogP contribution in [-0.2, 0) is 16.1 Å². The normalized spacial score (nSPS) is 15.5. The molecule has 2 amide bonds. The van der Waals surface area contributed by atoms with Crippen LogP contribution in [0.1, 0.15) is 53.0 Å². The van der Waals surface area contributed by atoms with E-state index in [0.717, 1.165) is 37.3 Å². The molecule has 1 aliphatic rings. The molecule has 1 aromatic rings. The van der Waals surface area contributed by atoms with Crippen molar-refractivity contribution in [2.45, 2.75) is 54.0 Å². The van der Waals surface area contributed by atoms with E-state index >= 15 is 0 Å². The molecule has 150 valence electrons. The molecule has 6 nitrogen and oxygen atoms in total. The molecule has 1 saturated heterocycles. The zero-order chi connectivity index (χ0) is 20.0. The van der Waals surface area contributed by atoms with Gasteiger partial charge in [0.1, 0.15) is 5.82 Å². The Kier molecular flexibility index (Phi) is 7.22. The van der Waals surface area contributed by atoms with Crippen molar-refractivity contribution in [3.05, 3.63) is 23.9 Å². The average Bonchev–Trinajstić information content (AvgIpc) is 2.67. The maximum atomic E-state index is 12.5. The minimum Gasteiger partial charge on any atom is -0.357 e. The molecule has 1 N–H and O–H groups in total. The number of piperidine rings is 1. The average molecular weight is 375 g/mol. The Balaban J connectivity index is 1.81. The van der Waals surface area contributed by atoms with Crippen LogP contribution >= 0.6 is 0 Å². The third kappa shape index (κ3) is 5.68. The van der Waals surface area contributed by atoms with Crippen molar-refractivity contribution < 1.29 is 9.59 Å². The SMILES string of the molecule is CCN(CC)c1ccc(CNC(=O)C2CCN(C(=O)C(C)(C)C)CC2)cn1. The maximum Gasteiger partial charge on any atom is 0.227 e. The fourth-order valence-corrected chi connectivity index (χ4v) is 3.41. The standard InChI is InChI=1S/C21H34N4O2/c1-6-24(7-2)18-9-8-16(14-22-18)15-23-19(26)17-10-12-25(13-11-17)20(27)21(3,4)5/h8-9,14,17H,6-7,10-13,15H2,1-5H3,(H,23,26). The van der Waals surface area contributed by atoms with E-state index in [4.69, 9.17) is 0 Å². The van der Waals surface area contributed by atoms with Crippen LogP contribution in [0.4, 0.5) is 5.82 Å². The summed E-state index contributed by atoms with van der Waals surface area (Å²) in [5.41, 5.74) is 0.638. The van der Waals surface area contributed by atoms with Gasteiger partial charge in [0.15, 0.2) is 0 Å². The number of rotatable bonds is 6. The number of nitrogens with zero attached hydrogens (tertiary/aromatic N) is 3. The number of aromatic nitrogens is 1. The van der Waals surface area contributed by atoms with Gasteiger partial charge in [-0.15, -0.1) is 0 Å². The molecule has 0 bridgehead atoms. The molecule has 27 heavy (non-hydrogen) atoms. The van der Waals surface area contributed by atoms with Gasteiger partial charge in [0, 0.05) is 50.3 Å². The number of nitrogens with one attached hydrogen (secondary N) is 1. The number of likely N-dealkylation sites (tertiary alicyclic amines) is 1. The zero-order valence-electron chi connectivity index (χ0n) is 17.4. The molecule has 0 aromatic carbocycles. The summed E-state index contributed by atoms with van der Waals surface area (Å²) in [4.78, 5) is 33.4. The summed E-state index contributed by atoms with van der Waals surface area (Å²) in [6, 6.07) is 4.02. The van der Waals surface area contributed by atoms with Crippen LogP contribution in [-0.4, -0.2) is 47.9 Å².